The summed E-state index contributed by atoms with van der Waals surface area (Å²) in [4.78, 5) is -4.48. The lowest BCUT2D eigenvalue weighted by Crippen LogP contribution is -2.40. The minimum atomic E-state index is -5.49. The SMILES string of the molecule is FC(F)(F)OC(F)(Br)C(F)(F)Br. The van der Waals surface area contributed by atoms with Crippen LogP contribution in [0.15, 0.2) is 0 Å². The standard InChI is InChI=1S/C3Br2F6O/c4-1(6,7)2(5,8)12-3(9,10)11. The van der Waals surface area contributed by atoms with E-state index in [1.54, 1.807) is 0 Å². The number of halogens is 8. The Kier molecular flexibility index (Phi) is 3.47. The third-order valence-corrected chi connectivity index (χ3v) is 2.28. The Morgan fingerprint density at radius 2 is 1.17 bits per heavy atom. The molecule has 0 rings (SSSR count). The molecule has 9 heteroatoms. The largest absolute Gasteiger partial charge is 0.526 e. The van der Waals surface area contributed by atoms with Gasteiger partial charge >= 0.3 is 16.0 Å². The average Bonchev–Trinajstić information content (AvgIpc) is 1.52. The van der Waals surface area contributed by atoms with Crippen molar-refractivity contribution in [2.45, 2.75) is 16.0 Å². The molecule has 0 aliphatic rings. The van der Waals surface area contributed by atoms with Gasteiger partial charge in [0.25, 0.3) is 0 Å². The Labute approximate surface area is 79.3 Å². The Bertz CT molecular complexity index is 159. The van der Waals surface area contributed by atoms with Gasteiger partial charge in [0, 0.05) is 0 Å². The van der Waals surface area contributed by atoms with Gasteiger partial charge in [-0.2, -0.15) is 13.2 Å². The van der Waals surface area contributed by atoms with Crippen LogP contribution in [0.3, 0.4) is 0 Å². The summed E-state index contributed by atoms with van der Waals surface area (Å²) in [5.74, 6) is 0. The fraction of sp³-hybridized carbons (Fsp3) is 1.00. The molecule has 0 aliphatic carbocycles. The van der Waals surface area contributed by atoms with E-state index < -0.39 is 16.0 Å². The minimum absolute atomic E-state index is 1.37. The molecule has 0 aromatic heterocycles. The van der Waals surface area contributed by atoms with E-state index in [0.717, 1.165) is 0 Å². The van der Waals surface area contributed by atoms with Crippen molar-refractivity contribution < 1.29 is 31.1 Å². The summed E-state index contributed by atoms with van der Waals surface area (Å²) >= 11 is 2.80. The Hall–Kier alpha value is 0.500. The van der Waals surface area contributed by atoms with Crippen LogP contribution in [0.4, 0.5) is 26.3 Å². The van der Waals surface area contributed by atoms with Gasteiger partial charge in [-0.3, -0.25) is 0 Å². The van der Waals surface area contributed by atoms with Crippen LogP contribution in [-0.4, -0.2) is 16.0 Å². The lowest BCUT2D eigenvalue weighted by Gasteiger charge is -2.24. The van der Waals surface area contributed by atoms with E-state index in [9.17, 15) is 26.3 Å². The van der Waals surface area contributed by atoms with E-state index in [1.165, 1.54) is 31.9 Å². The van der Waals surface area contributed by atoms with Crippen molar-refractivity contribution in [3.63, 3.8) is 0 Å². The van der Waals surface area contributed by atoms with Gasteiger partial charge in [0.2, 0.25) is 0 Å². The molecule has 1 atom stereocenters. The van der Waals surface area contributed by atoms with Crippen molar-refractivity contribution in [2.75, 3.05) is 0 Å². The van der Waals surface area contributed by atoms with E-state index in [1.807, 2.05) is 0 Å². The highest BCUT2D eigenvalue weighted by atomic mass is 79.9. The predicted molar refractivity (Wildman–Crippen MR) is 33.8 cm³/mol. The molecule has 0 saturated carbocycles. The van der Waals surface area contributed by atoms with E-state index >= 15 is 0 Å². The van der Waals surface area contributed by atoms with Gasteiger partial charge in [-0.05, 0) is 31.9 Å². The maximum atomic E-state index is 12.3. The maximum absolute atomic E-state index is 12.3. The normalized spacial score (nSPS) is 19.0. The van der Waals surface area contributed by atoms with Crippen LogP contribution < -0.4 is 0 Å². The van der Waals surface area contributed by atoms with Crippen LogP contribution in [0.25, 0.3) is 0 Å². The summed E-state index contributed by atoms with van der Waals surface area (Å²) in [6.45, 7) is 0. The van der Waals surface area contributed by atoms with Crippen molar-refractivity contribution in [2.24, 2.45) is 0 Å². The summed E-state index contributed by atoms with van der Waals surface area (Å²) in [6, 6.07) is 0. The van der Waals surface area contributed by atoms with E-state index in [-0.39, 0.29) is 0 Å². The first-order valence-electron chi connectivity index (χ1n) is 2.17. The smallest absolute Gasteiger partial charge is 0.238 e. The zero-order chi connectivity index (χ0) is 10.2. The first-order valence-corrected chi connectivity index (χ1v) is 3.76. The van der Waals surface area contributed by atoms with Gasteiger partial charge in [-0.1, -0.05) is 0 Å². The molecule has 12 heavy (non-hydrogen) atoms. The monoisotopic (exact) mass is 324 g/mol. The second-order valence-electron chi connectivity index (χ2n) is 1.56. The lowest BCUT2D eigenvalue weighted by atomic mass is 10.7. The van der Waals surface area contributed by atoms with Crippen LogP contribution in [0, 0.1) is 0 Å². The van der Waals surface area contributed by atoms with Gasteiger partial charge in [0.15, 0.2) is 0 Å². The second kappa shape index (κ2) is 3.33. The molecule has 0 spiro atoms. The maximum Gasteiger partial charge on any atom is 0.526 e. The number of alkyl halides is 8. The quantitative estimate of drug-likeness (QED) is 0.557. The number of hydrogen-bond acceptors (Lipinski definition) is 1. The van der Waals surface area contributed by atoms with Crippen LogP contribution in [0.2, 0.25) is 0 Å². The third-order valence-electron chi connectivity index (χ3n) is 0.574. The highest BCUT2D eigenvalue weighted by Crippen LogP contribution is 2.46. The number of ether oxygens (including phenoxy) is 1. The molecule has 0 bridgehead atoms. The van der Waals surface area contributed by atoms with Gasteiger partial charge in [0.1, 0.15) is 0 Å². The summed E-state index contributed by atoms with van der Waals surface area (Å²) in [5, 5.41) is 0. The minimum Gasteiger partial charge on any atom is -0.238 e. The fourth-order valence-electron chi connectivity index (χ4n) is 0.203. The van der Waals surface area contributed by atoms with E-state index in [4.69, 9.17) is 0 Å². The summed E-state index contributed by atoms with van der Waals surface area (Å²) in [6.07, 6.45) is -5.49. The average molecular weight is 326 g/mol. The molecule has 0 radical (unpaired) electrons. The van der Waals surface area contributed by atoms with Crippen LogP contribution in [-0.2, 0) is 4.74 Å². The van der Waals surface area contributed by atoms with Crippen molar-refractivity contribution in [1.82, 2.24) is 0 Å². The Morgan fingerprint density at radius 3 is 1.25 bits per heavy atom. The second-order valence-corrected chi connectivity index (χ2v) is 3.58. The molecule has 74 valence electrons. The van der Waals surface area contributed by atoms with Gasteiger partial charge in [-0.25, -0.2) is 4.74 Å². The van der Waals surface area contributed by atoms with Crippen molar-refractivity contribution in [3.8, 4) is 0 Å². The van der Waals surface area contributed by atoms with Crippen LogP contribution in [0.5, 0.6) is 0 Å². The fourth-order valence-corrected chi connectivity index (χ4v) is 0.468. The summed E-state index contributed by atoms with van der Waals surface area (Å²) in [7, 11) is 0. The molecule has 0 aliphatic heterocycles. The molecule has 0 N–H and O–H groups in total. The molecule has 0 saturated heterocycles. The summed E-state index contributed by atoms with van der Waals surface area (Å²) in [5.41, 5.74) is 0. The molecular weight excluding hydrogens is 326 g/mol. The van der Waals surface area contributed by atoms with E-state index in [2.05, 4.69) is 4.74 Å². The number of rotatable bonds is 2. The first kappa shape index (κ1) is 12.5. The lowest BCUT2D eigenvalue weighted by molar-refractivity contribution is -0.386. The highest BCUT2D eigenvalue weighted by molar-refractivity contribution is 9.12. The van der Waals surface area contributed by atoms with Gasteiger partial charge < -0.3 is 0 Å². The Balaban J connectivity index is 4.44. The van der Waals surface area contributed by atoms with Crippen molar-refractivity contribution in [1.29, 1.82) is 0 Å². The van der Waals surface area contributed by atoms with Crippen LogP contribution >= 0.6 is 31.9 Å². The molecule has 0 aromatic carbocycles. The van der Waals surface area contributed by atoms with Crippen molar-refractivity contribution in [3.05, 3.63) is 0 Å². The van der Waals surface area contributed by atoms with Crippen LogP contribution in [0.1, 0.15) is 0 Å². The zero-order valence-electron chi connectivity index (χ0n) is 4.93. The van der Waals surface area contributed by atoms with Gasteiger partial charge in [-0.15, -0.1) is 13.2 Å². The Morgan fingerprint density at radius 1 is 0.833 bits per heavy atom. The number of hydrogen-bond donors (Lipinski definition) is 0. The first-order chi connectivity index (χ1) is 4.96. The molecule has 0 fully saturated rings. The van der Waals surface area contributed by atoms with Gasteiger partial charge in [0.05, 0.1) is 0 Å². The highest BCUT2D eigenvalue weighted by Gasteiger charge is 2.58. The molecule has 1 unspecified atom stereocenters. The molecule has 1 nitrogen and oxygen atoms in total. The van der Waals surface area contributed by atoms with E-state index in [0.29, 0.717) is 0 Å². The van der Waals surface area contributed by atoms with Crippen molar-refractivity contribution >= 4 is 31.9 Å². The molecular formula is C3Br2F6O. The summed E-state index contributed by atoms with van der Waals surface area (Å²) < 4.78 is 67.9. The molecule has 0 aromatic rings. The third kappa shape index (κ3) is 3.94. The predicted octanol–water partition coefficient (Wildman–Crippen LogP) is 3.53. The topological polar surface area (TPSA) is 9.23 Å². The molecule has 0 amide bonds. The molecule has 0 heterocycles. The zero-order valence-corrected chi connectivity index (χ0v) is 8.10.